The molecule has 2 aromatic heterocycles. The SMILES string of the molecule is Clc1ccc(NCc2csc(-c3ccccn3)n2)c(Br)c1. The van der Waals surface area contributed by atoms with E-state index in [1.807, 2.05) is 41.8 Å². The van der Waals surface area contributed by atoms with Crippen molar-refractivity contribution in [2.45, 2.75) is 6.54 Å². The summed E-state index contributed by atoms with van der Waals surface area (Å²) >= 11 is 11.0. The van der Waals surface area contributed by atoms with Gasteiger partial charge in [0.2, 0.25) is 0 Å². The summed E-state index contributed by atoms with van der Waals surface area (Å²) in [5, 5.41) is 7.02. The van der Waals surface area contributed by atoms with Gasteiger partial charge in [-0.15, -0.1) is 11.3 Å². The molecular formula is C15H11BrClN3S. The van der Waals surface area contributed by atoms with E-state index in [9.17, 15) is 0 Å². The van der Waals surface area contributed by atoms with E-state index >= 15 is 0 Å². The quantitative estimate of drug-likeness (QED) is 0.673. The third kappa shape index (κ3) is 3.61. The predicted molar refractivity (Wildman–Crippen MR) is 91.8 cm³/mol. The first-order valence-corrected chi connectivity index (χ1v) is 8.32. The maximum Gasteiger partial charge on any atom is 0.142 e. The van der Waals surface area contributed by atoms with Crippen LogP contribution in [0.2, 0.25) is 5.02 Å². The van der Waals surface area contributed by atoms with Gasteiger partial charge >= 0.3 is 0 Å². The van der Waals surface area contributed by atoms with Crippen LogP contribution in [0.25, 0.3) is 10.7 Å². The van der Waals surface area contributed by atoms with Gasteiger partial charge in [0.15, 0.2) is 0 Å². The lowest BCUT2D eigenvalue weighted by molar-refractivity contribution is 1.07. The highest BCUT2D eigenvalue weighted by molar-refractivity contribution is 9.10. The number of rotatable bonds is 4. The first kappa shape index (κ1) is 14.5. The zero-order valence-electron chi connectivity index (χ0n) is 10.9. The van der Waals surface area contributed by atoms with Crippen LogP contribution in [0.1, 0.15) is 5.69 Å². The minimum atomic E-state index is 0.656. The Morgan fingerprint density at radius 3 is 2.90 bits per heavy atom. The zero-order chi connectivity index (χ0) is 14.7. The van der Waals surface area contributed by atoms with Crippen molar-refractivity contribution in [3.63, 3.8) is 0 Å². The smallest absolute Gasteiger partial charge is 0.142 e. The van der Waals surface area contributed by atoms with E-state index in [1.54, 1.807) is 17.5 Å². The molecule has 0 atom stereocenters. The number of nitrogens with zero attached hydrogens (tertiary/aromatic N) is 2. The maximum atomic E-state index is 5.93. The number of hydrogen-bond acceptors (Lipinski definition) is 4. The Morgan fingerprint density at radius 1 is 1.24 bits per heavy atom. The maximum absolute atomic E-state index is 5.93. The van der Waals surface area contributed by atoms with Crippen molar-refractivity contribution in [1.82, 2.24) is 9.97 Å². The molecule has 0 saturated heterocycles. The number of anilines is 1. The summed E-state index contributed by atoms with van der Waals surface area (Å²) in [4.78, 5) is 8.90. The van der Waals surface area contributed by atoms with Gasteiger partial charge < -0.3 is 5.32 Å². The fourth-order valence-corrected chi connectivity index (χ4v) is 3.43. The topological polar surface area (TPSA) is 37.8 Å². The van der Waals surface area contributed by atoms with Crippen LogP contribution in [0.15, 0.2) is 52.4 Å². The van der Waals surface area contributed by atoms with E-state index in [-0.39, 0.29) is 0 Å². The van der Waals surface area contributed by atoms with Gasteiger partial charge in [-0.3, -0.25) is 4.98 Å². The molecule has 0 fully saturated rings. The van der Waals surface area contributed by atoms with Gasteiger partial charge in [0.05, 0.1) is 17.9 Å². The number of nitrogens with one attached hydrogen (secondary N) is 1. The van der Waals surface area contributed by atoms with Crippen LogP contribution in [0, 0.1) is 0 Å². The van der Waals surface area contributed by atoms with Crippen molar-refractivity contribution in [2.24, 2.45) is 0 Å². The molecule has 3 nitrogen and oxygen atoms in total. The van der Waals surface area contributed by atoms with Gasteiger partial charge in [0.25, 0.3) is 0 Å². The summed E-state index contributed by atoms with van der Waals surface area (Å²) in [7, 11) is 0. The van der Waals surface area contributed by atoms with Crippen LogP contribution in [-0.4, -0.2) is 9.97 Å². The van der Waals surface area contributed by atoms with Crippen LogP contribution >= 0.6 is 38.9 Å². The summed E-state index contributed by atoms with van der Waals surface area (Å²) in [5.74, 6) is 0. The molecule has 0 amide bonds. The molecule has 0 radical (unpaired) electrons. The molecule has 106 valence electrons. The largest absolute Gasteiger partial charge is 0.378 e. The number of thiazole rings is 1. The lowest BCUT2D eigenvalue weighted by Crippen LogP contribution is -2.00. The van der Waals surface area contributed by atoms with Crippen molar-refractivity contribution in [3.8, 4) is 10.7 Å². The average Bonchev–Trinajstić information content (AvgIpc) is 2.96. The van der Waals surface area contributed by atoms with Crippen LogP contribution < -0.4 is 5.32 Å². The first-order chi connectivity index (χ1) is 10.2. The second kappa shape index (κ2) is 6.56. The van der Waals surface area contributed by atoms with Crippen molar-refractivity contribution in [2.75, 3.05) is 5.32 Å². The summed E-state index contributed by atoms with van der Waals surface area (Å²) < 4.78 is 0.940. The van der Waals surface area contributed by atoms with Crippen molar-refractivity contribution < 1.29 is 0 Å². The molecule has 21 heavy (non-hydrogen) atoms. The molecule has 1 aromatic carbocycles. The summed E-state index contributed by atoms with van der Waals surface area (Å²) in [6.45, 7) is 0.656. The molecule has 0 aliphatic carbocycles. The molecular weight excluding hydrogens is 370 g/mol. The molecule has 6 heteroatoms. The van der Waals surface area contributed by atoms with E-state index < -0.39 is 0 Å². The summed E-state index contributed by atoms with van der Waals surface area (Å²) in [6.07, 6.45) is 1.78. The Bertz CT molecular complexity index is 746. The number of pyridine rings is 1. The zero-order valence-corrected chi connectivity index (χ0v) is 14.0. The molecule has 0 aliphatic rings. The molecule has 0 aliphatic heterocycles. The van der Waals surface area contributed by atoms with E-state index in [0.717, 1.165) is 26.6 Å². The first-order valence-electron chi connectivity index (χ1n) is 6.27. The van der Waals surface area contributed by atoms with Gasteiger partial charge in [-0.05, 0) is 46.3 Å². The van der Waals surface area contributed by atoms with Crippen molar-refractivity contribution in [1.29, 1.82) is 0 Å². The van der Waals surface area contributed by atoms with E-state index in [2.05, 4.69) is 31.2 Å². The third-order valence-corrected chi connectivity index (χ3v) is 4.63. The highest BCUT2D eigenvalue weighted by atomic mass is 79.9. The predicted octanol–water partition coefficient (Wildman–Crippen LogP) is 5.23. The van der Waals surface area contributed by atoms with Gasteiger partial charge in [-0.2, -0.15) is 0 Å². The summed E-state index contributed by atoms with van der Waals surface area (Å²) in [5.41, 5.74) is 2.88. The van der Waals surface area contributed by atoms with Crippen LogP contribution in [-0.2, 0) is 6.54 Å². The molecule has 0 saturated carbocycles. The van der Waals surface area contributed by atoms with Crippen LogP contribution in [0.5, 0.6) is 0 Å². The molecule has 1 N–H and O–H groups in total. The third-order valence-electron chi connectivity index (χ3n) is 2.83. The molecule has 0 spiro atoms. The lowest BCUT2D eigenvalue weighted by atomic mass is 10.3. The van der Waals surface area contributed by atoms with Crippen molar-refractivity contribution >= 4 is 44.6 Å². The van der Waals surface area contributed by atoms with Gasteiger partial charge in [-0.1, -0.05) is 17.7 Å². The number of halogens is 2. The Hall–Kier alpha value is -1.43. The Morgan fingerprint density at radius 2 is 2.14 bits per heavy atom. The lowest BCUT2D eigenvalue weighted by Gasteiger charge is -2.07. The monoisotopic (exact) mass is 379 g/mol. The number of benzene rings is 1. The fraction of sp³-hybridized carbons (Fsp3) is 0.0667. The molecule has 3 rings (SSSR count). The van der Waals surface area contributed by atoms with Gasteiger partial charge in [-0.25, -0.2) is 4.98 Å². The number of aromatic nitrogens is 2. The molecule has 0 bridgehead atoms. The Labute approximate surface area is 140 Å². The minimum absolute atomic E-state index is 0.656. The molecule has 3 aromatic rings. The van der Waals surface area contributed by atoms with Crippen molar-refractivity contribution in [3.05, 3.63) is 63.2 Å². The van der Waals surface area contributed by atoms with Gasteiger partial charge in [0.1, 0.15) is 5.01 Å². The van der Waals surface area contributed by atoms with Crippen LogP contribution in [0.4, 0.5) is 5.69 Å². The number of hydrogen-bond donors (Lipinski definition) is 1. The molecule has 0 unspecified atom stereocenters. The minimum Gasteiger partial charge on any atom is -0.378 e. The van der Waals surface area contributed by atoms with Crippen LogP contribution in [0.3, 0.4) is 0 Å². The highest BCUT2D eigenvalue weighted by Crippen LogP contribution is 2.27. The Kier molecular flexibility index (Phi) is 4.53. The van der Waals surface area contributed by atoms with E-state index in [1.165, 1.54) is 0 Å². The normalized spacial score (nSPS) is 10.6. The standard InChI is InChI=1S/C15H11BrClN3S/c16-12-7-10(17)4-5-13(12)19-8-11-9-21-15(20-11)14-3-1-2-6-18-14/h1-7,9,19H,8H2. The van der Waals surface area contributed by atoms with Gasteiger partial charge in [0, 0.05) is 26.8 Å². The van der Waals surface area contributed by atoms with E-state index in [4.69, 9.17) is 11.6 Å². The molecule has 2 heterocycles. The second-order valence-corrected chi connectivity index (χ2v) is 6.49. The fourth-order valence-electron chi connectivity index (χ4n) is 1.81. The highest BCUT2D eigenvalue weighted by Gasteiger charge is 2.06. The average molecular weight is 381 g/mol. The second-order valence-electron chi connectivity index (χ2n) is 4.34. The Balaban J connectivity index is 1.70. The van der Waals surface area contributed by atoms with E-state index in [0.29, 0.717) is 11.6 Å². The summed E-state index contributed by atoms with van der Waals surface area (Å²) in [6, 6.07) is 11.5.